The zero-order valence-electron chi connectivity index (χ0n) is 21.2. The van der Waals surface area contributed by atoms with Gasteiger partial charge in [0.25, 0.3) is 0 Å². The highest BCUT2D eigenvalue weighted by molar-refractivity contribution is 5.93. The molecule has 0 fully saturated rings. The molecule has 1 heterocycles. The van der Waals surface area contributed by atoms with Crippen molar-refractivity contribution >= 4 is 40.8 Å². The minimum Gasteiger partial charge on any atom is -0.345 e. The number of aromatic nitrogens is 3. The monoisotopic (exact) mass is 481 g/mol. The molecule has 0 spiro atoms. The van der Waals surface area contributed by atoms with Crippen LogP contribution in [0.1, 0.15) is 27.8 Å². The van der Waals surface area contributed by atoms with E-state index in [0.29, 0.717) is 11.9 Å². The van der Waals surface area contributed by atoms with Gasteiger partial charge in [-0.05, 0) is 75.6 Å². The Labute approximate surface area is 211 Å². The predicted octanol–water partition coefficient (Wildman–Crippen LogP) is 5.95. The number of rotatable bonds is 8. The molecule has 0 bridgehead atoms. The number of hydrogen-bond acceptors (Lipinski definition) is 7. The molecule has 8 heteroatoms. The average Bonchev–Trinajstić information content (AvgIpc) is 2.81. The van der Waals surface area contributed by atoms with Crippen molar-refractivity contribution < 1.29 is 4.79 Å². The van der Waals surface area contributed by atoms with Crippen molar-refractivity contribution in [3.8, 4) is 0 Å². The number of anilines is 6. The van der Waals surface area contributed by atoms with Gasteiger partial charge < -0.3 is 21.3 Å². The van der Waals surface area contributed by atoms with Crippen LogP contribution in [0.25, 0.3) is 0 Å². The first-order chi connectivity index (χ1) is 17.2. The number of carbonyl (C=O) groups excluding carboxylic acids is 1. The molecule has 36 heavy (non-hydrogen) atoms. The van der Waals surface area contributed by atoms with Crippen molar-refractivity contribution in [3.05, 3.63) is 88.5 Å². The van der Waals surface area contributed by atoms with Gasteiger partial charge in [0.2, 0.25) is 23.8 Å². The first kappa shape index (κ1) is 24.7. The number of benzene rings is 3. The molecule has 0 aliphatic rings. The van der Waals surface area contributed by atoms with Gasteiger partial charge in [-0.25, -0.2) is 0 Å². The summed E-state index contributed by atoms with van der Waals surface area (Å²) in [7, 11) is 0. The van der Waals surface area contributed by atoms with E-state index in [4.69, 9.17) is 0 Å². The molecular weight excluding hydrogens is 450 g/mol. The van der Waals surface area contributed by atoms with Gasteiger partial charge in [-0.2, -0.15) is 15.0 Å². The van der Waals surface area contributed by atoms with E-state index in [1.165, 1.54) is 11.1 Å². The molecule has 1 amide bonds. The van der Waals surface area contributed by atoms with E-state index < -0.39 is 0 Å². The summed E-state index contributed by atoms with van der Waals surface area (Å²) in [6.45, 7) is 10.1. The fourth-order valence-electron chi connectivity index (χ4n) is 3.80. The van der Waals surface area contributed by atoms with E-state index in [1.54, 1.807) is 0 Å². The van der Waals surface area contributed by atoms with E-state index in [1.807, 2.05) is 69.3 Å². The van der Waals surface area contributed by atoms with Crippen molar-refractivity contribution in [1.29, 1.82) is 0 Å². The number of amides is 1. The molecule has 4 rings (SSSR count). The molecule has 0 saturated carbocycles. The Balaban J connectivity index is 1.56. The van der Waals surface area contributed by atoms with Crippen molar-refractivity contribution in [1.82, 2.24) is 15.0 Å². The largest absolute Gasteiger partial charge is 0.345 e. The molecule has 4 aromatic rings. The van der Waals surface area contributed by atoms with Crippen LogP contribution in [0.3, 0.4) is 0 Å². The summed E-state index contributed by atoms with van der Waals surface area (Å²) in [4.78, 5) is 26.1. The van der Waals surface area contributed by atoms with Crippen LogP contribution in [0, 0.1) is 34.6 Å². The number of carbonyl (C=O) groups is 1. The number of hydrogen-bond donors (Lipinski definition) is 4. The van der Waals surface area contributed by atoms with Gasteiger partial charge in [-0.1, -0.05) is 47.5 Å². The fraction of sp³-hybridized carbons (Fsp3) is 0.214. The van der Waals surface area contributed by atoms with Crippen LogP contribution in [0.15, 0.2) is 60.7 Å². The highest BCUT2D eigenvalue weighted by Crippen LogP contribution is 2.23. The van der Waals surface area contributed by atoms with Gasteiger partial charge in [0.1, 0.15) is 0 Å². The van der Waals surface area contributed by atoms with E-state index in [-0.39, 0.29) is 18.4 Å². The molecule has 4 N–H and O–H groups in total. The predicted molar refractivity (Wildman–Crippen MR) is 147 cm³/mol. The van der Waals surface area contributed by atoms with E-state index in [0.717, 1.165) is 33.8 Å². The Bertz CT molecular complexity index is 1330. The summed E-state index contributed by atoms with van der Waals surface area (Å²) in [6, 6.07) is 19.9. The Morgan fingerprint density at radius 2 is 1.19 bits per heavy atom. The standard InChI is InChI=1S/C28H31N7O/c1-17-7-6-8-22(15-17)30-25(36)16-29-26-33-27(31-23-11-9-18(2)13-20(23)4)35-28(34-26)32-24-12-10-19(3)14-21(24)5/h6-15H,16H2,1-5H3,(H,30,36)(H3,29,31,32,33,34,35). The van der Waals surface area contributed by atoms with Gasteiger partial charge in [-0.3, -0.25) is 4.79 Å². The summed E-state index contributed by atoms with van der Waals surface area (Å²) < 4.78 is 0. The van der Waals surface area contributed by atoms with Crippen molar-refractivity contribution in [2.75, 3.05) is 27.8 Å². The Morgan fingerprint density at radius 3 is 1.72 bits per heavy atom. The molecule has 8 nitrogen and oxygen atoms in total. The highest BCUT2D eigenvalue weighted by Gasteiger charge is 2.11. The maximum Gasteiger partial charge on any atom is 0.243 e. The highest BCUT2D eigenvalue weighted by atomic mass is 16.1. The molecule has 0 unspecified atom stereocenters. The molecule has 184 valence electrons. The average molecular weight is 482 g/mol. The Hall–Kier alpha value is -4.46. The lowest BCUT2D eigenvalue weighted by molar-refractivity contribution is -0.114. The van der Waals surface area contributed by atoms with Gasteiger partial charge in [0, 0.05) is 17.1 Å². The molecular formula is C28H31N7O. The molecule has 0 atom stereocenters. The third kappa shape index (κ3) is 6.56. The summed E-state index contributed by atoms with van der Waals surface area (Å²) in [5.41, 5.74) is 8.10. The second-order valence-electron chi connectivity index (χ2n) is 8.96. The second-order valence-corrected chi connectivity index (χ2v) is 8.96. The lowest BCUT2D eigenvalue weighted by Gasteiger charge is -2.14. The Morgan fingerprint density at radius 1 is 0.667 bits per heavy atom. The third-order valence-corrected chi connectivity index (χ3v) is 5.60. The van der Waals surface area contributed by atoms with Gasteiger partial charge in [0.05, 0.1) is 6.54 Å². The van der Waals surface area contributed by atoms with Crippen LogP contribution in [-0.4, -0.2) is 27.4 Å². The maximum atomic E-state index is 12.5. The smallest absolute Gasteiger partial charge is 0.243 e. The van der Waals surface area contributed by atoms with Crippen molar-refractivity contribution in [3.63, 3.8) is 0 Å². The van der Waals surface area contributed by atoms with E-state index in [2.05, 4.69) is 62.2 Å². The molecule has 0 aliphatic heterocycles. The Kier molecular flexibility index (Phi) is 7.44. The normalized spacial score (nSPS) is 10.6. The topological polar surface area (TPSA) is 104 Å². The molecule has 1 aromatic heterocycles. The summed E-state index contributed by atoms with van der Waals surface area (Å²) in [6.07, 6.45) is 0. The quantitative estimate of drug-likeness (QED) is 0.246. The lowest BCUT2D eigenvalue weighted by atomic mass is 10.1. The zero-order valence-corrected chi connectivity index (χ0v) is 21.2. The first-order valence-electron chi connectivity index (χ1n) is 11.8. The van der Waals surface area contributed by atoms with Crippen molar-refractivity contribution in [2.45, 2.75) is 34.6 Å². The number of aryl methyl sites for hydroxylation is 5. The summed E-state index contributed by atoms with van der Waals surface area (Å²) in [5, 5.41) is 12.5. The second kappa shape index (κ2) is 10.9. The fourth-order valence-corrected chi connectivity index (χ4v) is 3.80. The zero-order chi connectivity index (χ0) is 25.7. The summed E-state index contributed by atoms with van der Waals surface area (Å²) in [5.74, 6) is 0.814. The van der Waals surface area contributed by atoms with Crippen LogP contribution in [0.4, 0.5) is 34.9 Å². The maximum absolute atomic E-state index is 12.5. The van der Waals surface area contributed by atoms with Crippen LogP contribution in [0.5, 0.6) is 0 Å². The van der Waals surface area contributed by atoms with Crippen molar-refractivity contribution in [2.24, 2.45) is 0 Å². The molecule has 0 radical (unpaired) electrons. The molecule has 0 aliphatic carbocycles. The number of nitrogens with one attached hydrogen (secondary N) is 4. The van der Waals surface area contributed by atoms with E-state index in [9.17, 15) is 4.79 Å². The SMILES string of the molecule is Cc1cccc(NC(=O)CNc2nc(Nc3ccc(C)cc3C)nc(Nc3ccc(C)cc3C)n2)c1. The lowest BCUT2D eigenvalue weighted by Crippen LogP contribution is -2.23. The van der Waals surface area contributed by atoms with Crippen LogP contribution in [-0.2, 0) is 4.79 Å². The van der Waals surface area contributed by atoms with E-state index >= 15 is 0 Å². The first-order valence-corrected chi connectivity index (χ1v) is 11.8. The minimum atomic E-state index is -0.200. The minimum absolute atomic E-state index is 0.00392. The van der Waals surface area contributed by atoms with Gasteiger partial charge in [0.15, 0.2) is 0 Å². The van der Waals surface area contributed by atoms with Crippen LogP contribution >= 0.6 is 0 Å². The van der Waals surface area contributed by atoms with Gasteiger partial charge in [-0.15, -0.1) is 0 Å². The molecule has 0 saturated heterocycles. The number of nitrogens with zero attached hydrogens (tertiary/aromatic N) is 3. The molecule has 3 aromatic carbocycles. The third-order valence-electron chi connectivity index (χ3n) is 5.60. The van der Waals surface area contributed by atoms with Gasteiger partial charge >= 0.3 is 0 Å². The summed E-state index contributed by atoms with van der Waals surface area (Å²) >= 11 is 0. The van der Waals surface area contributed by atoms with Crippen LogP contribution in [0.2, 0.25) is 0 Å². The van der Waals surface area contributed by atoms with Crippen LogP contribution < -0.4 is 21.3 Å².